The van der Waals surface area contributed by atoms with Crippen molar-refractivity contribution >= 4 is 11.9 Å². The number of piperidine rings is 1. The van der Waals surface area contributed by atoms with Crippen molar-refractivity contribution < 1.29 is 14.3 Å². The third kappa shape index (κ3) is 5.45. The van der Waals surface area contributed by atoms with Gasteiger partial charge in [0.15, 0.2) is 0 Å². The lowest BCUT2D eigenvalue weighted by Crippen LogP contribution is -2.39. The van der Waals surface area contributed by atoms with Crippen LogP contribution < -0.4 is 0 Å². The second-order valence-electron chi connectivity index (χ2n) is 5.51. The molecule has 0 radical (unpaired) electrons. The predicted molar refractivity (Wildman–Crippen MR) is 74.5 cm³/mol. The largest absolute Gasteiger partial charge is 0.465 e. The second kappa shape index (κ2) is 7.97. The van der Waals surface area contributed by atoms with Crippen LogP contribution in [0.25, 0.3) is 0 Å². The summed E-state index contributed by atoms with van der Waals surface area (Å²) in [6.07, 6.45) is 4.73. The van der Waals surface area contributed by atoms with Crippen LogP contribution in [0.1, 0.15) is 39.5 Å². The van der Waals surface area contributed by atoms with E-state index in [2.05, 4.69) is 20.4 Å². The first-order chi connectivity index (χ1) is 9.04. The molecule has 4 nitrogen and oxygen atoms in total. The summed E-state index contributed by atoms with van der Waals surface area (Å²) in [6, 6.07) is 0. The van der Waals surface area contributed by atoms with E-state index in [-0.39, 0.29) is 17.8 Å². The molecule has 1 fully saturated rings. The molecule has 1 saturated heterocycles. The predicted octanol–water partition coefficient (Wildman–Crippen LogP) is 2.39. The third-order valence-electron chi connectivity index (χ3n) is 3.48. The van der Waals surface area contributed by atoms with Gasteiger partial charge in [-0.05, 0) is 37.7 Å². The average Bonchev–Trinajstić information content (AvgIpc) is 2.42. The Bertz CT molecular complexity index is 317. The first-order valence-electron chi connectivity index (χ1n) is 7.12. The number of hydrogen-bond donors (Lipinski definition) is 0. The number of carbonyl (C=O) groups is 2. The Morgan fingerprint density at radius 2 is 2.00 bits per heavy atom. The van der Waals surface area contributed by atoms with Crippen LogP contribution in [0.3, 0.4) is 0 Å². The van der Waals surface area contributed by atoms with Gasteiger partial charge in [0, 0.05) is 13.1 Å². The van der Waals surface area contributed by atoms with E-state index < -0.39 is 0 Å². The molecule has 1 rings (SSSR count). The summed E-state index contributed by atoms with van der Waals surface area (Å²) in [5.74, 6) is 0.443. The van der Waals surface area contributed by atoms with Crippen molar-refractivity contribution in [3.05, 3.63) is 12.7 Å². The van der Waals surface area contributed by atoms with E-state index in [0.29, 0.717) is 38.5 Å². The highest BCUT2D eigenvalue weighted by atomic mass is 16.5. The van der Waals surface area contributed by atoms with E-state index in [1.165, 1.54) is 6.08 Å². The normalized spacial score (nSPS) is 16.5. The van der Waals surface area contributed by atoms with Gasteiger partial charge in [-0.25, -0.2) is 0 Å². The SMILES string of the molecule is C=CC(=O)N1CCC(C(=O)OCCCC(C)C)CC1. The molecule has 0 saturated carbocycles. The molecule has 0 aromatic rings. The van der Waals surface area contributed by atoms with E-state index in [0.717, 1.165) is 12.8 Å². The zero-order valence-corrected chi connectivity index (χ0v) is 12.1. The fourth-order valence-corrected chi connectivity index (χ4v) is 2.25. The van der Waals surface area contributed by atoms with Crippen molar-refractivity contribution in [1.29, 1.82) is 0 Å². The van der Waals surface area contributed by atoms with Gasteiger partial charge in [0.05, 0.1) is 12.5 Å². The summed E-state index contributed by atoms with van der Waals surface area (Å²) >= 11 is 0. The monoisotopic (exact) mass is 267 g/mol. The van der Waals surface area contributed by atoms with Crippen molar-refractivity contribution in [3.8, 4) is 0 Å². The van der Waals surface area contributed by atoms with Crippen molar-refractivity contribution in [2.45, 2.75) is 39.5 Å². The van der Waals surface area contributed by atoms with Crippen LogP contribution in [-0.2, 0) is 14.3 Å². The minimum absolute atomic E-state index is 0.0482. The zero-order chi connectivity index (χ0) is 14.3. The molecule has 4 heteroatoms. The fraction of sp³-hybridized carbons (Fsp3) is 0.733. The maximum atomic E-state index is 11.8. The summed E-state index contributed by atoms with van der Waals surface area (Å²) < 4.78 is 5.29. The molecule has 1 aliphatic heterocycles. The molecule has 0 spiro atoms. The van der Waals surface area contributed by atoms with Crippen LogP contribution in [0.5, 0.6) is 0 Å². The van der Waals surface area contributed by atoms with Gasteiger partial charge in [0.2, 0.25) is 5.91 Å². The van der Waals surface area contributed by atoms with Crippen LogP contribution in [0.4, 0.5) is 0 Å². The van der Waals surface area contributed by atoms with Crippen LogP contribution in [0, 0.1) is 11.8 Å². The average molecular weight is 267 g/mol. The molecule has 0 aromatic heterocycles. The molecule has 1 aliphatic rings. The minimum Gasteiger partial charge on any atom is -0.465 e. The number of hydrogen-bond acceptors (Lipinski definition) is 3. The van der Waals surface area contributed by atoms with Gasteiger partial charge in [-0.1, -0.05) is 20.4 Å². The van der Waals surface area contributed by atoms with Crippen LogP contribution >= 0.6 is 0 Å². The molecule has 0 aromatic carbocycles. The molecule has 19 heavy (non-hydrogen) atoms. The summed E-state index contributed by atoms with van der Waals surface area (Å²) in [6.45, 7) is 9.55. The smallest absolute Gasteiger partial charge is 0.309 e. The summed E-state index contributed by atoms with van der Waals surface area (Å²) in [4.78, 5) is 25.0. The lowest BCUT2D eigenvalue weighted by molar-refractivity contribution is -0.151. The van der Waals surface area contributed by atoms with Gasteiger partial charge >= 0.3 is 5.97 Å². The Balaban J connectivity index is 2.21. The highest BCUT2D eigenvalue weighted by molar-refractivity contribution is 5.87. The molecular formula is C15H25NO3. The van der Waals surface area contributed by atoms with Gasteiger partial charge < -0.3 is 9.64 Å². The van der Waals surface area contributed by atoms with Gasteiger partial charge in [-0.2, -0.15) is 0 Å². The first kappa shape index (κ1) is 15.7. The maximum Gasteiger partial charge on any atom is 0.309 e. The van der Waals surface area contributed by atoms with E-state index in [1.807, 2.05) is 0 Å². The minimum atomic E-state index is -0.102. The van der Waals surface area contributed by atoms with Crippen LogP contribution in [-0.4, -0.2) is 36.5 Å². The number of rotatable bonds is 6. The topological polar surface area (TPSA) is 46.6 Å². The third-order valence-corrected chi connectivity index (χ3v) is 3.48. The summed E-state index contributed by atoms with van der Waals surface area (Å²) in [5.41, 5.74) is 0. The van der Waals surface area contributed by atoms with Crippen molar-refractivity contribution in [1.82, 2.24) is 4.90 Å². The number of carbonyl (C=O) groups excluding carboxylic acids is 2. The van der Waals surface area contributed by atoms with Crippen molar-refractivity contribution in [2.24, 2.45) is 11.8 Å². The Hall–Kier alpha value is -1.32. The Kier molecular flexibility index (Phi) is 6.60. The molecular weight excluding hydrogens is 242 g/mol. The number of likely N-dealkylation sites (tertiary alicyclic amines) is 1. The number of amides is 1. The number of nitrogens with zero attached hydrogens (tertiary/aromatic N) is 1. The van der Waals surface area contributed by atoms with E-state index in [1.54, 1.807) is 4.90 Å². The lowest BCUT2D eigenvalue weighted by atomic mass is 9.97. The van der Waals surface area contributed by atoms with Crippen molar-refractivity contribution in [3.63, 3.8) is 0 Å². The van der Waals surface area contributed by atoms with Crippen LogP contribution in [0.2, 0.25) is 0 Å². The molecule has 0 unspecified atom stereocenters. The summed E-state index contributed by atoms with van der Waals surface area (Å²) in [7, 11) is 0. The quantitative estimate of drug-likeness (QED) is 0.422. The highest BCUT2D eigenvalue weighted by Crippen LogP contribution is 2.19. The van der Waals surface area contributed by atoms with Gasteiger partial charge in [-0.3, -0.25) is 9.59 Å². The molecule has 108 valence electrons. The Morgan fingerprint density at radius 3 is 2.53 bits per heavy atom. The highest BCUT2D eigenvalue weighted by Gasteiger charge is 2.27. The van der Waals surface area contributed by atoms with E-state index in [4.69, 9.17) is 4.74 Å². The van der Waals surface area contributed by atoms with Gasteiger partial charge in [0.1, 0.15) is 0 Å². The number of ether oxygens (including phenoxy) is 1. The first-order valence-corrected chi connectivity index (χ1v) is 7.12. The summed E-state index contributed by atoms with van der Waals surface area (Å²) in [5, 5.41) is 0. The zero-order valence-electron chi connectivity index (χ0n) is 12.1. The van der Waals surface area contributed by atoms with E-state index >= 15 is 0 Å². The maximum absolute atomic E-state index is 11.8. The van der Waals surface area contributed by atoms with Gasteiger partial charge in [0.25, 0.3) is 0 Å². The molecule has 1 amide bonds. The Labute approximate surface area is 115 Å². The lowest BCUT2D eigenvalue weighted by Gasteiger charge is -2.30. The second-order valence-corrected chi connectivity index (χ2v) is 5.51. The fourth-order valence-electron chi connectivity index (χ4n) is 2.25. The molecule has 0 aliphatic carbocycles. The van der Waals surface area contributed by atoms with E-state index in [9.17, 15) is 9.59 Å². The van der Waals surface area contributed by atoms with Crippen molar-refractivity contribution in [2.75, 3.05) is 19.7 Å². The molecule has 0 N–H and O–H groups in total. The molecule has 0 atom stereocenters. The Morgan fingerprint density at radius 1 is 1.37 bits per heavy atom. The molecule has 1 heterocycles. The number of esters is 1. The molecule has 0 bridgehead atoms. The van der Waals surface area contributed by atoms with Crippen LogP contribution in [0.15, 0.2) is 12.7 Å². The standard InChI is InChI=1S/C15H25NO3/c1-4-14(17)16-9-7-13(8-10-16)15(18)19-11-5-6-12(2)3/h4,12-13H,1,5-11H2,2-3H3. The van der Waals surface area contributed by atoms with Gasteiger partial charge in [-0.15, -0.1) is 0 Å².